The van der Waals surface area contributed by atoms with Crippen LogP contribution in [0, 0.1) is 0 Å². The van der Waals surface area contributed by atoms with Crippen LogP contribution in [0.1, 0.15) is 46.6 Å². The van der Waals surface area contributed by atoms with Crippen LogP contribution in [-0.2, 0) is 12.8 Å². The van der Waals surface area contributed by atoms with Crippen molar-refractivity contribution in [1.29, 1.82) is 0 Å². The molecule has 5 aromatic rings. The summed E-state index contributed by atoms with van der Waals surface area (Å²) >= 11 is 0. The Morgan fingerprint density at radius 2 is 1.27 bits per heavy atom. The summed E-state index contributed by atoms with van der Waals surface area (Å²) in [6.45, 7) is 0. The smallest absolute Gasteiger partial charge is 0.0633 e. The molecule has 1 nitrogen and oxygen atoms in total. The van der Waals surface area contributed by atoms with Gasteiger partial charge in [0.2, 0.25) is 0 Å². The molecule has 0 saturated heterocycles. The van der Waals surface area contributed by atoms with Gasteiger partial charge in [0.15, 0.2) is 0 Å². The summed E-state index contributed by atoms with van der Waals surface area (Å²) in [7, 11) is 0. The van der Waals surface area contributed by atoms with Crippen LogP contribution >= 0.6 is 0 Å². The van der Waals surface area contributed by atoms with Crippen LogP contribution in [0.25, 0.3) is 11.1 Å². The highest BCUT2D eigenvalue weighted by Crippen LogP contribution is 2.41. The van der Waals surface area contributed by atoms with Gasteiger partial charge >= 0.3 is 0 Å². The Kier molecular flexibility index (Phi) is 6.77. The molecule has 1 atom stereocenters. The molecule has 0 aromatic heterocycles. The van der Waals surface area contributed by atoms with E-state index in [4.69, 9.17) is 4.99 Å². The highest BCUT2D eigenvalue weighted by molar-refractivity contribution is 6.02. The normalized spacial score (nSPS) is 14.9. The van der Waals surface area contributed by atoms with Crippen LogP contribution in [0.3, 0.4) is 0 Å². The Labute approximate surface area is 220 Å². The second-order valence-corrected chi connectivity index (χ2v) is 9.84. The molecule has 1 aliphatic carbocycles. The third-order valence-corrected chi connectivity index (χ3v) is 7.51. The van der Waals surface area contributed by atoms with Crippen molar-refractivity contribution in [3.05, 3.63) is 161 Å². The molecule has 5 aromatic carbocycles. The third kappa shape index (κ3) is 5.17. The van der Waals surface area contributed by atoms with Crippen molar-refractivity contribution in [1.82, 2.24) is 0 Å². The fraction of sp³-hybridized carbons (Fsp3) is 0.139. The highest BCUT2D eigenvalue weighted by atomic mass is 14.7. The average molecular weight is 478 g/mol. The lowest BCUT2D eigenvalue weighted by Gasteiger charge is -2.18. The van der Waals surface area contributed by atoms with E-state index in [-0.39, 0.29) is 0 Å². The summed E-state index contributed by atoms with van der Waals surface area (Å²) in [5.41, 5.74) is 11.7. The molecule has 0 fully saturated rings. The molecule has 1 unspecified atom stereocenters. The van der Waals surface area contributed by atoms with Gasteiger partial charge in [-0.25, -0.2) is 0 Å². The summed E-state index contributed by atoms with van der Waals surface area (Å²) in [5, 5.41) is 0. The van der Waals surface area contributed by atoms with Crippen LogP contribution < -0.4 is 0 Å². The van der Waals surface area contributed by atoms with Crippen molar-refractivity contribution in [2.45, 2.75) is 31.6 Å². The van der Waals surface area contributed by atoms with Gasteiger partial charge < -0.3 is 0 Å². The average Bonchev–Trinajstić information content (AvgIpc) is 3.14. The number of rotatable bonds is 6. The standard InChI is InChI=1S/C36H31N/c1-3-11-27(12-4-1)19-26-36(30-14-5-2-6-15-30)37-31-23-20-29(21-24-31)33-25-22-28-13-7-8-16-32(28)34-17-9-10-18-35(33)34/h1-18,20-21,23-24,33H,19,22,25-26H2. The Morgan fingerprint density at radius 1 is 0.622 bits per heavy atom. The molecule has 1 heteroatoms. The van der Waals surface area contributed by atoms with E-state index in [1.54, 1.807) is 0 Å². The van der Waals surface area contributed by atoms with Crippen molar-refractivity contribution in [2.75, 3.05) is 0 Å². The maximum atomic E-state index is 5.14. The van der Waals surface area contributed by atoms with Gasteiger partial charge in [0.1, 0.15) is 0 Å². The van der Waals surface area contributed by atoms with Crippen molar-refractivity contribution in [3.63, 3.8) is 0 Å². The van der Waals surface area contributed by atoms with Gasteiger partial charge in [-0.1, -0.05) is 121 Å². The lowest BCUT2D eigenvalue weighted by molar-refractivity contribution is 0.726. The van der Waals surface area contributed by atoms with Crippen molar-refractivity contribution in [3.8, 4) is 11.1 Å². The van der Waals surface area contributed by atoms with E-state index in [2.05, 4.69) is 133 Å². The van der Waals surface area contributed by atoms with Crippen LogP contribution in [-0.4, -0.2) is 5.71 Å². The molecule has 180 valence electrons. The fourth-order valence-corrected chi connectivity index (χ4v) is 5.59. The van der Waals surface area contributed by atoms with Gasteiger partial charge in [-0.15, -0.1) is 0 Å². The molecule has 37 heavy (non-hydrogen) atoms. The molecule has 0 saturated carbocycles. The Bertz CT molecular complexity index is 1500. The molecule has 0 amide bonds. The monoisotopic (exact) mass is 477 g/mol. The van der Waals surface area contributed by atoms with Crippen molar-refractivity contribution < 1.29 is 0 Å². The molecule has 0 bridgehead atoms. The quantitative estimate of drug-likeness (QED) is 0.216. The maximum Gasteiger partial charge on any atom is 0.0633 e. The maximum absolute atomic E-state index is 5.14. The number of hydrogen-bond acceptors (Lipinski definition) is 1. The van der Waals surface area contributed by atoms with E-state index in [9.17, 15) is 0 Å². The minimum Gasteiger partial charge on any atom is -0.253 e. The highest BCUT2D eigenvalue weighted by Gasteiger charge is 2.23. The molecular weight excluding hydrogens is 446 g/mol. The van der Waals surface area contributed by atoms with Crippen LogP contribution in [0.15, 0.2) is 138 Å². The molecule has 0 aliphatic heterocycles. The number of aliphatic imine (C=N–C) groups is 1. The van der Waals surface area contributed by atoms with Crippen LogP contribution in [0.2, 0.25) is 0 Å². The largest absolute Gasteiger partial charge is 0.253 e. The topological polar surface area (TPSA) is 12.4 Å². The van der Waals surface area contributed by atoms with E-state index in [1.807, 2.05) is 0 Å². The molecule has 0 spiro atoms. The van der Waals surface area contributed by atoms with E-state index >= 15 is 0 Å². The molecule has 0 radical (unpaired) electrons. The van der Waals surface area contributed by atoms with Gasteiger partial charge in [0.05, 0.1) is 5.69 Å². The predicted molar refractivity (Wildman–Crippen MR) is 156 cm³/mol. The van der Waals surface area contributed by atoms with E-state index in [0.29, 0.717) is 5.92 Å². The molecule has 1 aliphatic rings. The number of aryl methyl sites for hydroxylation is 2. The molecule has 0 N–H and O–H groups in total. The van der Waals surface area contributed by atoms with Gasteiger partial charge in [0.25, 0.3) is 0 Å². The van der Waals surface area contributed by atoms with E-state index < -0.39 is 0 Å². The zero-order valence-corrected chi connectivity index (χ0v) is 21.1. The zero-order chi connectivity index (χ0) is 24.9. The Morgan fingerprint density at radius 3 is 2.05 bits per heavy atom. The zero-order valence-electron chi connectivity index (χ0n) is 21.1. The minimum atomic E-state index is 0.383. The first-order chi connectivity index (χ1) is 18.3. The van der Waals surface area contributed by atoms with Gasteiger partial charge in [-0.2, -0.15) is 0 Å². The summed E-state index contributed by atoms with van der Waals surface area (Å²) in [6.07, 6.45) is 4.09. The number of benzene rings is 5. The van der Waals surface area contributed by atoms with Gasteiger partial charge in [-0.3, -0.25) is 4.99 Å². The first kappa shape index (κ1) is 23.2. The minimum absolute atomic E-state index is 0.383. The number of hydrogen-bond donors (Lipinski definition) is 0. The Hall–Kier alpha value is -4.23. The first-order valence-electron chi connectivity index (χ1n) is 13.3. The lowest BCUT2D eigenvalue weighted by Crippen LogP contribution is -2.03. The second-order valence-electron chi connectivity index (χ2n) is 9.84. The van der Waals surface area contributed by atoms with E-state index in [1.165, 1.54) is 38.9 Å². The van der Waals surface area contributed by atoms with Crippen molar-refractivity contribution >= 4 is 11.4 Å². The van der Waals surface area contributed by atoms with Crippen molar-refractivity contribution in [2.24, 2.45) is 4.99 Å². The first-order valence-corrected chi connectivity index (χ1v) is 13.3. The summed E-state index contributed by atoms with van der Waals surface area (Å²) in [6, 6.07) is 48.0. The summed E-state index contributed by atoms with van der Waals surface area (Å²) in [4.78, 5) is 5.14. The van der Waals surface area contributed by atoms with Gasteiger partial charge in [0, 0.05) is 11.6 Å². The molecule has 0 heterocycles. The predicted octanol–water partition coefficient (Wildman–Crippen LogP) is 9.19. The fourth-order valence-electron chi connectivity index (χ4n) is 5.59. The Balaban J connectivity index is 1.30. The number of fused-ring (bicyclic) bond motifs is 3. The van der Waals surface area contributed by atoms with Crippen LogP contribution in [0.5, 0.6) is 0 Å². The molecular formula is C36H31N. The summed E-state index contributed by atoms with van der Waals surface area (Å²) < 4.78 is 0. The SMILES string of the molecule is c1ccc(CCC(=Nc2ccc(C3CCc4ccccc4-c4ccccc43)cc2)c2ccccc2)cc1. The third-order valence-electron chi connectivity index (χ3n) is 7.51. The van der Waals surface area contributed by atoms with E-state index in [0.717, 1.165) is 37.1 Å². The second kappa shape index (κ2) is 10.8. The van der Waals surface area contributed by atoms with Crippen LogP contribution in [0.4, 0.5) is 5.69 Å². The van der Waals surface area contributed by atoms with Gasteiger partial charge in [-0.05, 0) is 76.8 Å². The lowest BCUT2D eigenvalue weighted by atomic mass is 9.86. The molecule has 6 rings (SSSR count). The number of nitrogens with zero attached hydrogens (tertiary/aromatic N) is 1. The summed E-state index contributed by atoms with van der Waals surface area (Å²) in [5.74, 6) is 0.383.